The topological polar surface area (TPSA) is 108 Å². The third-order valence-corrected chi connectivity index (χ3v) is 7.21. The number of hydrogen-bond donors (Lipinski definition) is 1. The summed E-state index contributed by atoms with van der Waals surface area (Å²) in [5.41, 5.74) is 2.44. The van der Waals surface area contributed by atoms with Crippen LogP contribution in [0.1, 0.15) is 37.3 Å². The zero-order valence-electron chi connectivity index (χ0n) is 22.9. The second kappa shape index (κ2) is 12.1. The number of benzene rings is 3. The Morgan fingerprint density at radius 2 is 1.62 bits per heavy atom. The second-order valence-corrected chi connectivity index (χ2v) is 9.74. The van der Waals surface area contributed by atoms with Crippen molar-refractivity contribution < 1.29 is 23.8 Å². The van der Waals surface area contributed by atoms with Crippen molar-refractivity contribution in [3.05, 3.63) is 72.3 Å². The predicted octanol–water partition coefficient (Wildman–Crippen LogP) is 4.29. The van der Waals surface area contributed by atoms with Gasteiger partial charge in [0.05, 0.1) is 32.5 Å². The highest BCUT2D eigenvalue weighted by Crippen LogP contribution is 2.35. The van der Waals surface area contributed by atoms with Crippen LogP contribution in [0.5, 0.6) is 17.2 Å². The molecule has 1 N–H and O–H groups in total. The van der Waals surface area contributed by atoms with Crippen LogP contribution in [0.4, 0.5) is 5.69 Å². The van der Waals surface area contributed by atoms with Crippen LogP contribution in [-0.2, 0) is 16.1 Å². The number of ether oxygens (including phenoxy) is 3. The Balaban J connectivity index is 1.63. The molecule has 1 saturated carbocycles. The summed E-state index contributed by atoms with van der Waals surface area (Å²) >= 11 is 0. The Labute approximate surface area is 232 Å². The van der Waals surface area contributed by atoms with Gasteiger partial charge in [0, 0.05) is 24.2 Å². The molecule has 5 rings (SSSR count). The van der Waals surface area contributed by atoms with Gasteiger partial charge in [-0.25, -0.2) is 4.68 Å². The molecule has 1 aromatic heterocycles. The van der Waals surface area contributed by atoms with E-state index in [4.69, 9.17) is 14.2 Å². The molecule has 0 bridgehead atoms. The van der Waals surface area contributed by atoms with Gasteiger partial charge < -0.3 is 19.5 Å². The summed E-state index contributed by atoms with van der Waals surface area (Å²) in [7, 11) is 4.65. The summed E-state index contributed by atoms with van der Waals surface area (Å²) in [4.78, 5) is 29.9. The minimum atomic E-state index is -1.00. The van der Waals surface area contributed by atoms with E-state index < -0.39 is 6.04 Å². The summed E-state index contributed by atoms with van der Waals surface area (Å²) in [6.45, 7) is -0.142. The van der Waals surface area contributed by atoms with Crippen LogP contribution >= 0.6 is 0 Å². The fourth-order valence-corrected chi connectivity index (χ4v) is 5.19. The second-order valence-electron chi connectivity index (χ2n) is 9.74. The number of carbonyl (C=O) groups excluding carboxylic acids is 2. The van der Waals surface area contributed by atoms with Crippen molar-refractivity contribution in [2.45, 2.75) is 44.3 Å². The highest BCUT2D eigenvalue weighted by Gasteiger charge is 2.35. The number of anilines is 1. The van der Waals surface area contributed by atoms with Gasteiger partial charge in [0.2, 0.25) is 11.8 Å². The molecule has 3 aromatic carbocycles. The van der Waals surface area contributed by atoms with Crippen LogP contribution in [0.15, 0.2) is 66.7 Å². The van der Waals surface area contributed by atoms with E-state index >= 15 is 0 Å². The lowest BCUT2D eigenvalue weighted by atomic mass is 10.0. The normalized spacial score (nSPS) is 14.1. The Morgan fingerprint density at radius 3 is 2.33 bits per heavy atom. The predicted molar refractivity (Wildman–Crippen MR) is 151 cm³/mol. The molecule has 10 heteroatoms. The van der Waals surface area contributed by atoms with Crippen molar-refractivity contribution in [3.8, 4) is 17.2 Å². The first kappa shape index (κ1) is 27.0. The molecule has 208 valence electrons. The van der Waals surface area contributed by atoms with Crippen LogP contribution in [0, 0.1) is 0 Å². The van der Waals surface area contributed by atoms with E-state index in [0.717, 1.165) is 25.7 Å². The van der Waals surface area contributed by atoms with Crippen molar-refractivity contribution in [3.63, 3.8) is 0 Å². The molecular formula is C30H33N5O5. The third-order valence-electron chi connectivity index (χ3n) is 7.21. The van der Waals surface area contributed by atoms with E-state index in [9.17, 15) is 9.59 Å². The molecule has 2 amide bonds. The zero-order valence-corrected chi connectivity index (χ0v) is 22.9. The summed E-state index contributed by atoms with van der Waals surface area (Å²) in [6, 6.07) is 18.8. The molecular weight excluding hydrogens is 510 g/mol. The number of nitrogens with one attached hydrogen (secondary N) is 1. The van der Waals surface area contributed by atoms with Gasteiger partial charge >= 0.3 is 0 Å². The summed E-state index contributed by atoms with van der Waals surface area (Å²) in [6.07, 6.45) is 3.93. The van der Waals surface area contributed by atoms with Crippen molar-refractivity contribution in [2.24, 2.45) is 0 Å². The minimum absolute atomic E-state index is 0.0525. The van der Waals surface area contributed by atoms with Crippen LogP contribution in [0.25, 0.3) is 11.0 Å². The van der Waals surface area contributed by atoms with Crippen LogP contribution < -0.4 is 24.4 Å². The van der Waals surface area contributed by atoms with Gasteiger partial charge in [0.1, 0.15) is 35.4 Å². The van der Waals surface area contributed by atoms with Gasteiger partial charge in [0.15, 0.2) is 0 Å². The van der Waals surface area contributed by atoms with E-state index in [1.54, 1.807) is 56.3 Å². The number of aromatic nitrogens is 3. The molecule has 0 aliphatic heterocycles. The lowest BCUT2D eigenvalue weighted by molar-refractivity contribution is -0.127. The average Bonchev–Trinajstić information content (AvgIpc) is 3.65. The average molecular weight is 544 g/mol. The number of methoxy groups -OCH3 is 3. The molecule has 1 fully saturated rings. The van der Waals surface area contributed by atoms with E-state index in [0.29, 0.717) is 39.5 Å². The van der Waals surface area contributed by atoms with Crippen LogP contribution in [0.3, 0.4) is 0 Å². The highest BCUT2D eigenvalue weighted by molar-refractivity contribution is 6.02. The molecule has 0 spiro atoms. The molecule has 1 atom stereocenters. The number of fused-ring (bicyclic) bond motifs is 1. The van der Waals surface area contributed by atoms with E-state index in [1.807, 2.05) is 36.4 Å². The number of carbonyl (C=O) groups is 2. The summed E-state index contributed by atoms with van der Waals surface area (Å²) < 4.78 is 18.0. The summed E-state index contributed by atoms with van der Waals surface area (Å²) in [5.74, 6) is 0.908. The summed E-state index contributed by atoms with van der Waals surface area (Å²) in [5, 5.41) is 11.6. The molecule has 1 aliphatic rings. The highest BCUT2D eigenvalue weighted by atomic mass is 16.5. The molecule has 0 unspecified atom stereocenters. The molecule has 0 saturated heterocycles. The molecule has 40 heavy (non-hydrogen) atoms. The van der Waals surface area contributed by atoms with Crippen molar-refractivity contribution in [2.75, 3.05) is 26.2 Å². The molecule has 4 aromatic rings. The number of para-hydroxylation sites is 1. The molecule has 10 nitrogen and oxygen atoms in total. The zero-order chi connectivity index (χ0) is 28.1. The maximum absolute atomic E-state index is 14.3. The lowest BCUT2D eigenvalue weighted by Gasteiger charge is -2.33. The first-order chi connectivity index (χ1) is 19.5. The quantitative estimate of drug-likeness (QED) is 0.318. The monoisotopic (exact) mass is 543 g/mol. The smallest absolute Gasteiger partial charge is 0.249 e. The largest absolute Gasteiger partial charge is 0.497 e. The fourth-order valence-electron chi connectivity index (χ4n) is 5.19. The van der Waals surface area contributed by atoms with Crippen molar-refractivity contribution in [1.82, 2.24) is 20.3 Å². The Bertz CT molecular complexity index is 1470. The molecule has 1 aliphatic carbocycles. The van der Waals surface area contributed by atoms with Crippen molar-refractivity contribution in [1.29, 1.82) is 0 Å². The Hall–Kier alpha value is -4.60. The lowest BCUT2D eigenvalue weighted by Crippen LogP contribution is -2.47. The first-order valence-electron chi connectivity index (χ1n) is 13.3. The maximum atomic E-state index is 14.3. The first-order valence-corrected chi connectivity index (χ1v) is 13.3. The SMILES string of the molecule is COc1cccc([C@H](C(=O)NC2CCCC2)N(C(=O)Cn2nnc3ccccc32)c2cc(OC)cc(OC)c2)c1. The van der Waals surface area contributed by atoms with Gasteiger partial charge in [-0.1, -0.05) is 42.3 Å². The van der Waals surface area contributed by atoms with Gasteiger partial charge in [-0.2, -0.15) is 0 Å². The molecule has 0 radical (unpaired) electrons. The fraction of sp³-hybridized carbons (Fsp3) is 0.333. The third kappa shape index (κ3) is 5.70. The van der Waals surface area contributed by atoms with E-state index in [2.05, 4.69) is 15.6 Å². The number of hydrogen-bond acceptors (Lipinski definition) is 7. The number of rotatable bonds is 10. The van der Waals surface area contributed by atoms with E-state index in [1.165, 1.54) is 4.90 Å². The van der Waals surface area contributed by atoms with Gasteiger partial charge in [-0.3, -0.25) is 14.5 Å². The van der Waals surface area contributed by atoms with Crippen LogP contribution in [0.2, 0.25) is 0 Å². The standard InChI is InChI=1S/C30H33N5O5/c1-38-23-12-8-9-20(15-23)29(30(37)31-21-10-4-5-11-21)35(22-16-24(39-2)18-25(17-22)40-3)28(36)19-34-27-14-7-6-13-26(27)32-33-34/h6-9,12-18,21,29H,4-5,10-11,19H2,1-3H3,(H,31,37)/t29-/m1/s1. The Kier molecular flexibility index (Phi) is 8.14. The van der Waals surface area contributed by atoms with Gasteiger partial charge in [0.25, 0.3) is 0 Å². The van der Waals surface area contributed by atoms with Crippen molar-refractivity contribution >= 4 is 28.5 Å². The van der Waals surface area contributed by atoms with Gasteiger partial charge in [-0.05, 0) is 42.7 Å². The minimum Gasteiger partial charge on any atom is -0.497 e. The maximum Gasteiger partial charge on any atom is 0.249 e. The molecule has 1 heterocycles. The van der Waals surface area contributed by atoms with Gasteiger partial charge in [-0.15, -0.1) is 5.10 Å². The van der Waals surface area contributed by atoms with Crippen LogP contribution in [-0.4, -0.2) is 54.2 Å². The van der Waals surface area contributed by atoms with E-state index in [-0.39, 0.29) is 24.4 Å². The Morgan fingerprint density at radius 1 is 0.925 bits per heavy atom. The number of nitrogens with zero attached hydrogens (tertiary/aromatic N) is 4. The number of amides is 2.